The van der Waals surface area contributed by atoms with Crippen LogP contribution in [0.2, 0.25) is 0 Å². The van der Waals surface area contributed by atoms with E-state index in [1.54, 1.807) is 18.4 Å². The van der Waals surface area contributed by atoms with E-state index in [2.05, 4.69) is 44.6 Å². The fourth-order valence-corrected chi connectivity index (χ4v) is 3.14. The van der Waals surface area contributed by atoms with E-state index in [1.165, 1.54) is 10.4 Å². The SMILES string of the molecule is CN=C(NCc1ccc(NC(=O)NC(C)C)cc1)NCc1sccc1C. The van der Waals surface area contributed by atoms with E-state index < -0.39 is 0 Å². The highest BCUT2D eigenvalue weighted by Crippen LogP contribution is 2.14. The van der Waals surface area contributed by atoms with E-state index in [-0.39, 0.29) is 12.1 Å². The molecule has 26 heavy (non-hydrogen) atoms. The van der Waals surface area contributed by atoms with Crippen molar-refractivity contribution >= 4 is 29.0 Å². The van der Waals surface area contributed by atoms with Gasteiger partial charge in [0.25, 0.3) is 0 Å². The Bertz CT molecular complexity index is 737. The number of nitrogens with zero attached hydrogens (tertiary/aromatic N) is 1. The first-order valence-corrected chi connectivity index (χ1v) is 9.50. The third-order valence-electron chi connectivity index (χ3n) is 3.70. The molecule has 0 unspecified atom stereocenters. The number of carbonyl (C=O) groups is 1. The highest BCUT2D eigenvalue weighted by atomic mass is 32.1. The van der Waals surface area contributed by atoms with Crippen molar-refractivity contribution in [2.45, 2.75) is 39.9 Å². The van der Waals surface area contributed by atoms with Crippen molar-refractivity contribution in [1.82, 2.24) is 16.0 Å². The summed E-state index contributed by atoms with van der Waals surface area (Å²) in [5.41, 5.74) is 3.17. The van der Waals surface area contributed by atoms with Crippen LogP contribution in [0.25, 0.3) is 0 Å². The minimum absolute atomic E-state index is 0.107. The van der Waals surface area contributed by atoms with Gasteiger partial charge in [-0.1, -0.05) is 12.1 Å². The maximum Gasteiger partial charge on any atom is 0.319 e. The van der Waals surface area contributed by atoms with Gasteiger partial charge < -0.3 is 21.3 Å². The number of guanidine groups is 1. The fourth-order valence-electron chi connectivity index (χ4n) is 2.29. The lowest BCUT2D eigenvalue weighted by molar-refractivity contribution is 0.250. The van der Waals surface area contributed by atoms with Crippen LogP contribution in [0.5, 0.6) is 0 Å². The topological polar surface area (TPSA) is 77.5 Å². The quantitative estimate of drug-likeness (QED) is 0.463. The number of hydrogen-bond acceptors (Lipinski definition) is 3. The highest BCUT2D eigenvalue weighted by Gasteiger charge is 2.04. The zero-order chi connectivity index (χ0) is 18.9. The molecule has 2 rings (SSSR count). The number of amides is 2. The van der Waals surface area contributed by atoms with E-state index in [1.807, 2.05) is 38.1 Å². The lowest BCUT2D eigenvalue weighted by Crippen LogP contribution is -2.36. The lowest BCUT2D eigenvalue weighted by Gasteiger charge is -2.13. The zero-order valence-corrected chi connectivity index (χ0v) is 16.5. The Morgan fingerprint density at radius 2 is 1.81 bits per heavy atom. The van der Waals surface area contributed by atoms with Gasteiger partial charge in [-0.15, -0.1) is 11.3 Å². The molecule has 1 aromatic carbocycles. The molecule has 0 spiro atoms. The van der Waals surface area contributed by atoms with Crippen LogP contribution in [0.3, 0.4) is 0 Å². The summed E-state index contributed by atoms with van der Waals surface area (Å²) in [6.45, 7) is 7.38. The Morgan fingerprint density at radius 1 is 1.12 bits per heavy atom. The maximum absolute atomic E-state index is 11.7. The molecule has 0 radical (unpaired) electrons. The minimum atomic E-state index is -0.195. The first kappa shape index (κ1) is 19.8. The van der Waals surface area contributed by atoms with Crippen molar-refractivity contribution in [2.24, 2.45) is 4.99 Å². The molecule has 2 amide bonds. The summed E-state index contributed by atoms with van der Waals surface area (Å²) in [7, 11) is 1.76. The summed E-state index contributed by atoms with van der Waals surface area (Å²) >= 11 is 1.74. The molecule has 2 aromatic rings. The Morgan fingerprint density at radius 3 is 2.38 bits per heavy atom. The van der Waals surface area contributed by atoms with Gasteiger partial charge in [-0.25, -0.2) is 4.79 Å². The zero-order valence-electron chi connectivity index (χ0n) is 15.7. The van der Waals surface area contributed by atoms with Gasteiger partial charge in [-0.3, -0.25) is 4.99 Å². The normalized spacial score (nSPS) is 11.3. The molecule has 0 fully saturated rings. The van der Waals surface area contributed by atoms with Crippen LogP contribution in [0.1, 0.15) is 29.9 Å². The Balaban J connectivity index is 1.80. The molecule has 1 heterocycles. The average Bonchev–Trinajstić information content (AvgIpc) is 3.01. The standard InChI is InChI=1S/C19H27N5OS/c1-13(2)23-19(25)24-16-7-5-15(6-8-16)11-21-18(20-4)22-12-17-14(3)9-10-26-17/h5-10,13H,11-12H2,1-4H3,(H2,20,21,22)(H2,23,24,25). The van der Waals surface area contributed by atoms with Gasteiger partial charge in [0.2, 0.25) is 0 Å². The molecule has 0 saturated heterocycles. The Hall–Kier alpha value is -2.54. The Labute approximate surface area is 159 Å². The van der Waals surface area contributed by atoms with Crippen molar-refractivity contribution in [1.29, 1.82) is 0 Å². The molecule has 0 saturated carbocycles. The van der Waals surface area contributed by atoms with Crippen LogP contribution in [0, 0.1) is 6.92 Å². The number of urea groups is 1. The number of aryl methyl sites for hydroxylation is 1. The number of aliphatic imine (C=N–C) groups is 1. The van der Waals surface area contributed by atoms with Crippen LogP contribution in [0.4, 0.5) is 10.5 Å². The molecule has 6 nitrogen and oxygen atoms in total. The molecule has 0 aliphatic rings. The van der Waals surface area contributed by atoms with E-state index in [0.29, 0.717) is 6.54 Å². The largest absolute Gasteiger partial charge is 0.352 e. The lowest BCUT2D eigenvalue weighted by atomic mass is 10.2. The minimum Gasteiger partial charge on any atom is -0.352 e. The van der Waals surface area contributed by atoms with Gasteiger partial charge in [0, 0.05) is 30.2 Å². The number of benzene rings is 1. The van der Waals surface area contributed by atoms with E-state index in [0.717, 1.165) is 23.8 Å². The van der Waals surface area contributed by atoms with Gasteiger partial charge in [0.15, 0.2) is 5.96 Å². The summed E-state index contributed by atoms with van der Waals surface area (Å²) in [5.74, 6) is 0.760. The smallest absolute Gasteiger partial charge is 0.319 e. The van der Waals surface area contributed by atoms with Crippen LogP contribution < -0.4 is 21.3 Å². The van der Waals surface area contributed by atoms with E-state index in [4.69, 9.17) is 0 Å². The molecule has 7 heteroatoms. The Kier molecular flexibility index (Phi) is 7.47. The maximum atomic E-state index is 11.7. The van der Waals surface area contributed by atoms with Crippen LogP contribution in [0.15, 0.2) is 40.7 Å². The van der Waals surface area contributed by atoms with Crippen molar-refractivity contribution < 1.29 is 4.79 Å². The molecule has 0 aliphatic heterocycles. The molecule has 0 bridgehead atoms. The second kappa shape index (κ2) is 9.82. The number of carbonyl (C=O) groups excluding carboxylic acids is 1. The summed E-state index contributed by atoms with van der Waals surface area (Å²) in [6, 6.07) is 9.78. The second-order valence-corrected chi connectivity index (χ2v) is 7.26. The summed E-state index contributed by atoms with van der Waals surface area (Å²) in [4.78, 5) is 17.3. The third-order valence-corrected chi connectivity index (χ3v) is 4.72. The summed E-state index contributed by atoms with van der Waals surface area (Å²) in [5, 5.41) is 14.3. The van der Waals surface area contributed by atoms with Crippen LogP contribution in [-0.4, -0.2) is 25.1 Å². The molecule has 0 atom stereocenters. The number of anilines is 1. The number of rotatable bonds is 6. The second-order valence-electron chi connectivity index (χ2n) is 6.26. The molecule has 0 aliphatic carbocycles. The van der Waals surface area contributed by atoms with E-state index >= 15 is 0 Å². The summed E-state index contributed by atoms with van der Waals surface area (Å²) < 4.78 is 0. The van der Waals surface area contributed by atoms with Crippen molar-refractivity contribution in [2.75, 3.05) is 12.4 Å². The number of nitrogens with one attached hydrogen (secondary N) is 4. The van der Waals surface area contributed by atoms with Gasteiger partial charge in [0.1, 0.15) is 0 Å². The third kappa shape index (κ3) is 6.40. The van der Waals surface area contributed by atoms with Gasteiger partial charge in [0.05, 0.1) is 6.54 Å². The van der Waals surface area contributed by atoms with Crippen LogP contribution >= 0.6 is 11.3 Å². The van der Waals surface area contributed by atoms with Crippen molar-refractivity contribution in [3.63, 3.8) is 0 Å². The molecule has 140 valence electrons. The van der Waals surface area contributed by atoms with E-state index in [9.17, 15) is 4.79 Å². The molecule has 1 aromatic heterocycles. The highest BCUT2D eigenvalue weighted by molar-refractivity contribution is 7.10. The first-order valence-electron chi connectivity index (χ1n) is 8.62. The predicted octanol–water partition coefficient (Wildman–Crippen LogP) is 3.45. The van der Waals surface area contributed by atoms with Gasteiger partial charge >= 0.3 is 6.03 Å². The van der Waals surface area contributed by atoms with Gasteiger partial charge in [-0.05, 0) is 55.5 Å². The number of hydrogen-bond donors (Lipinski definition) is 4. The van der Waals surface area contributed by atoms with Crippen molar-refractivity contribution in [3.05, 3.63) is 51.7 Å². The van der Waals surface area contributed by atoms with Crippen LogP contribution in [-0.2, 0) is 13.1 Å². The molecule has 4 N–H and O–H groups in total. The fraction of sp³-hybridized carbons (Fsp3) is 0.368. The average molecular weight is 374 g/mol. The molecular formula is C19H27N5OS. The first-order chi connectivity index (χ1) is 12.5. The predicted molar refractivity (Wildman–Crippen MR) is 110 cm³/mol. The summed E-state index contributed by atoms with van der Waals surface area (Å²) in [6.07, 6.45) is 0. The number of thiophene rings is 1. The van der Waals surface area contributed by atoms with Crippen molar-refractivity contribution in [3.8, 4) is 0 Å². The van der Waals surface area contributed by atoms with Gasteiger partial charge in [-0.2, -0.15) is 0 Å². The monoisotopic (exact) mass is 373 g/mol. The molecular weight excluding hydrogens is 346 g/mol.